The summed E-state index contributed by atoms with van der Waals surface area (Å²) in [5.74, 6) is 0. The molecular formula is C16H14N4OS2. The Hall–Kier alpha value is -2.25. The first-order valence-electron chi connectivity index (χ1n) is 7.30. The zero-order valence-corrected chi connectivity index (χ0v) is 13.9. The van der Waals surface area contributed by atoms with Gasteiger partial charge in [-0.05, 0) is 29.0 Å². The highest BCUT2D eigenvalue weighted by atomic mass is 32.1. The van der Waals surface area contributed by atoms with Crippen molar-refractivity contribution in [2.75, 3.05) is 11.9 Å². The number of anilines is 1. The Balaban J connectivity index is 1.45. The van der Waals surface area contributed by atoms with Gasteiger partial charge in [-0.2, -0.15) is 0 Å². The molecule has 0 atom stereocenters. The lowest BCUT2D eigenvalue weighted by Crippen LogP contribution is -2.38. The molecule has 116 valence electrons. The number of urea groups is 1. The van der Waals surface area contributed by atoms with Crippen molar-refractivity contribution >= 4 is 33.8 Å². The average molecular weight is 342 g/mol. The Morgan fingerprint density at radius 3 is 2.83 bits per heavy atom. The molecule has 5 nitrogen and oxygen atoms in total. The molecule has 0 spiro atoms. The minimum Gasteiger partial charge on any atom is -0.320 e. The van der Waals surface area contributed by atoms with Crippen LogP contribution in [0.2, 0.25) is 0 Å². The molecule has 0 aliphatic carbocycles. The van der Waals surface area contributed by atoms with E-state index in [0.29, 0.717) is 11.7 Å². The van der Waals surface area contributed by atoms with Gasteiger partial charge in [0.1, 0.15) is 0 Å². The highest BCUT2D eigenvalue weighted by Gasteiger charge is 2.21. The van der Waals surface area contributed by atoms with Gasteiger partial charge in [-0.1, -0.05) is 41.7 Å². The van der Waals surface area contributed by atoms with Crippen molar-refractivity contribution in [2.24, 2.45) is 0 Å². The summed E-state index contributed by atoms with van der Waals surface area (Å²) in [6.45, 7) is 1.36. The predicted octanol–water partition coefficient (Wildman–Crippen LogP) is 3.86. The van der Waals surface area contributed by atoms with Gasteiger partial charge in [0.05, 0.1) is 4.88 Å². The van der Waals surface area contributed by atoms with Crippen LogP contribution >= 0.6 is 22.7 Å². The number of amides is 2. The van der Waals surface area contributed by atoms with E-state index in [2.05, 4.69) is 27.6 Å². The van der Waals surface area contributed by atoms with Crippen LogP contribution in [0.15, 0.2) is 41.8 Å². The van der Waals surface area contributed by atoms with Crippen molar-refractivity contribution in [2.45, 2.75) is 13.0 Å². The number of hydrogen-bond acceptors (Lipinski definition) is 5. The lowest BCUT2D eigenvalue weighted by Gasteiger charge is -2.28. The topological polar surface area (TPSA) is 58.1 Å². The third-order valence-corrected chi connectivity index (χ3v) is 5.67. The number of thiophene rings is 1. The second kappa shape index (κ2) is 6.10. The molecule has 1 aliphatic heterocycles. The van der Waals surface area contributed by atoms with Crippen LogP contribution in [0.1, 0.15) is 11.1 Å². The monoisotopic (exact) mass is 342 g/mol. The van der Waals surface area contributed by atoms with Crippen LogP contribution < -0.4 is 5.32 Å². The van der Waals surface area contributed by atoms with Gasteiger partial charge in [0.25, 0.3) is 0 Å². The zero-order valence-electron chi connectivity index (χ0n) is 12.2. The van der Waals surface area contributed by atoms with E-state index in [9.17, 15) is 4.79 Å². The molecule has 0 bridgehead atoms. The van der Waals surface area contributed by atoms with Gasteiger partial charge < -0.3 is 4.90 Å². The summed E-state index contributed by atoms with van der Waals surface area (Å²) in [5.41, 5.74) is 2.54. The number of carbonyl (C=O) groups excluding carboxylic acids is 1. The summed E-state index contributed by atoms with van der Waals surface area (Å²) in [6, 6.07) is 12.1. The first kappa shape index (κ1) is 14.3. The standard InChI is InChI=1S/C16H14N4OS2/c21-16(20-8-7-11-4-1-2-5-12(11)10-20)17-15-19-18-14(23-15)13-6-3-9-22-13/h1-6,9H,7-8,10H2,(H,17,19,21). The quantitative estimate of drug-likeness (QED) is 0.769. The molecule has 2 amide bonds. The highest BCUT2D eigenvalue weighted by molar-refractivity contribution is 7.23. The van der Waals surface area contributed by atoms with E-state index in [1.54, 1.807) is 11.3 Å². The van der Waals surface area contributed by atoms with Gasteiger partial charge in [0.15, 0.2) is 5.01 Å². The van der Waals surface area contributed by atoms with Crippen LogP contribution in [0.3, 0.4) is 0 Å². The van der Waals surface area contributed by atoms with Crippen LogP contribution in [0.5, 0.6) is 0 Å². The number of nitrogens with one attached hydrogen (secondary N) is 1. The Kier molecular flexibility index (Phi) is 3.80. The second-order valence-electron chi connectivity index (χ2n) is 5.26. The van der Waals surface area contributed by atoms with Crippen molar-refractivity contribution in [1.82, 2.24) is 15.1 Å². The summed E-state index contributed by atoms with van der Waals surface area (Å²) in [6.07, 6.45) is 0.889. The Labute approximate surface area is 141 Å². The Morgan fingerprint density at radius 1 is 1.13 bits per heavy atom. The molecule has 0 unspecified atom stereocenters. The lowest BCUT2D eigenvalue weighted by molar-refractivity contribution is 0.206. The largest absolute Gasteiger partial charge is 0.324 e. The summed E-state index contributed by atoms with van der Waals surface area (Å²) in [5, 5.41) is 14.4. The molecule has 1 aliphatic rings. The van der Waals surface area contributed by atoms with Crippen LogP contribution in [0.25, 0.3) is 9.88 Å². The molecule has 7 heteroatoms. The first-order chi connectivity index (χ1) is 11.3. The number of rotatable bonds is 2. The van der Waals surface area contributed by atoms with Gasteiger partial charge in [-0.25, -0.2) is 4.79 Å². The van der Waals surface area contributed by atoms with Gasteiger partial charge in [0.2, 0.25) is 5.13 Å². The number of carbonyl (C=O) groups is 1. The second-order valence-corrected chi connectivity index (χ2v) is 7.19. The van der Waals surface area contributed by atoms with E-state index in [1.807, 2.05) is 34.5 Å². The minimum atomic E-state index is -0.117. The number of benzene rings is 1. The minimum absolute atomic E-state index is 0.117. The number of hydrogen-bond donors (Lipinski definition) is 1. The van der Waals surface area contributed by atoms with E-state index in [0.717, 1.165) is 22.9 Å². The van der Waals surface area contributed by atoms with E-state index in [1.165, 1.54) is 22.5 Å². The molecule has 1 N–H and O–H groups in total. The molecule has 0 fully saturated rings. The van der Waals surface area contributed by atoms with Crippen LogP contribution in [-0.2, 0) is 13.0 Å². The van der Waals surface area contributed by atoms with Gasteiger partial charge in [-0.3, -0.25) is 5.32 Å². The smallest absolute Gasteiger partial charge is 0.320 e. The van der Waals surface area contributed by atoms with E-state index in [4.69, 9.17) is 0 Å². The summed E-state index contributed by atoms with van der Waals surface area (Å²) in [4.78, 5) is 15.3. The average Bonchev–Trinajstić information content (AvgIpc) is 3.25. The first-order valence-corrected chi connectivity index (χ1v) is 8.99. The molecule has 0 saturated heterocycles. The molecule has 3 aromatic rings. The summed E-state index contributed by atoms with van der Waals surface area (Å²) in [7, 11) is 0. The van der Waals surface area contributed by atoms with E-state index in [-0.39, 0.29) is 6.03 Å². The fourth-order valence-corrected chi connectivity index (χ4v) is 4.14. The number of nitrogens with zero attached hydrogens (tertiary/aromatic N) is 3. The maximum absolute atomic E-state index is 12.4. The van der Waals surface area contributed by atoms with E-state index >= 15 is 0 Å². The van der Waals surface area contributed by atoms with Crippen LogP contribution in [0.4, 0.5) is 9.93 Å². The molecule has 0 saturated carbocycles. The fraction of sp³-hybridized carbons (Fsp3) is 0.188. The summed E-state index contributed by atoms with van der Waals surface area (Å²) < 4.78 is 0. The Bertz CT molecular complexity index is 828. The SMILES string of the molecule is O=C(Nc1nnc(-c2cccs2)s1)N1CCc2ccccc2C1. The summed E-state index contributed by atoms with van der Waals surface area (Å²) >= 11 is 3.01. The van der Waals surface area contributed by atoms with Crippen molar-refractivity contribution in [3.63, 3.8) is 0 Å². The normalized spacial score (nSPS) is 13.7. The molecule has 0 radical (unpaired) electrons. The molecule has 4 rings (SSSR count). The van der Waals surface area contributed by atoms with Crippen molar-refractivity contribution in [1.29, 1.82) is 0 Å². The predicted molar refractivity (Wildman–Crippen MR) is 92.8 cm³/mol. The van der Waals surface area contributed by atoms with Crippen LogP contribution in [-0.4, -0.2) is 27.7 Å². The van der Waals surface area contributed by atoms with Crippen molar-refractivity contribution < 1.29 is 4.79 Å². The molecule has 23 heavy (non-hydrogen) atoms. The molecule has 3 heterocycles. The van der Waals surface area contributed by atoms with Crippen molar-refractivity contribution in [3.05, 3.63) is 52.9 Å². The number of fused-ring (bicyclic) bond motifs is 1. The highest BCUT2D eigenvalue weighted by Crippen LogP contribution is 2.30. The zero-order chi connectivity index (χ0) is 15.6. The molecular weight excluding hydrogens is 328 g/mol. The maximum Gasteiger partial charge on any atom is 0.324 e. The molecule has 1 aromatic carbocycles. The third-order valence-electron chi connectivity index (χ3n) is 3.79. The lowest BCUT2D eigenvalue weighted by atomic mass is 10.0. The van der Waals surface area contributed by atoms with Gasteiger partial charge in [0, 0.05) is 13.1 Å². The van der Waals surface area contributed by atoms with Gasteiger partial charge >= 0.3 is 6.03 Å². The third kappa shape index (κ3) is 2.97. The maximum atomic E-state index is 12.4. The number of aromatic nitrogens is 2. The molecule has 2 aromatic heterocycles. The Morgan fingerprint density at radius 2 is 2.00 bits per heavy atom. The van der Waals surface area contributed by atoms with Gasteiger partial charge in [-0.15, -0.1) is 21.5 Å². The fourth-order valence-electron chi connectivity index (χ4n) is 2.61. The van der Waals surface area contributed by atoms with E-state index < -0.39 is 0 Å². The van der Waals surface area contributed by atoms with Crippen LogP contribution in [0, 0.1) is 0 Å². The van der Waals surface area contributed by atoms with Crippen molar-refractivity contribution in [3.8, 4) is 9.88 Å².